The molecule has 1 aliphatic rings. The number of aryl methyl sites for hydroxylation is 2. The first-order valence-corrected chi connectivity index (χ1v) is 7.90. The van der Waals surface area contributed by atoms with Crippen LogP contribution in [0.1, 0.15) is 16.8 Å². The van der Waals surface area contributed by atoms with Crippen LogP contribution in [-0.4, -0.2) is 20.4 Å². The first-order chi connectivity index (χ1) is 11.4. The minimum Gasteiger partial charge on any atom is -0.337 e. The number of aldehydes is 1. The third kappa shape index (κ3) is 1.60. The number of nitrogens with zero attached hydrogens (tertiary/aromatic N) is 3. The van der Waals surface area contributed by atoms with Crippen molar-refractivity contribution in [2.24, 2.45) is 0 Å². The van der Waals surface area contributed by atoms with Gasteiger partial charge in [0.2, 0.25) is 0 Å². The van der Waals surface area contributed by atoms with Crippen molar-refractivity contribution < 1.29 is 4.79 Å². The number of imidazole rings is 1. The van der Waals surface area contributed by atoms with E-state index in [1.165, 1.54) is 0 Å². The molecule has 2 aromatic heterocycles. The van der Waals surface area contributed by atoms with Crippen LogP contribution in [0.2, 0.25) is 0 Å². The summed E-state index contributed by atoms with van der Waals surface area (Å²) in [6.45, 7) is 1.82. The van der Waals surface area contributed by atoms with E-state index in [2.05, 4.69) is 21.3 Å². The Morgan fingerprint density at radius 3 is 2.52 bits per heavy atom. The Morgan fingerprint density at radius 1 is 0.913 bits per heavy atom. The van der Waals surface area contributed by atoms with Crippen LogP contribution in [0.25, 0.3) is 33.5 Å². The molecule has 0 bridgehead atoms. The lowest BCUT2D eigenvalue weighted by Gasteiger charge is -2.05. The molecule has 0 N–H and O–H groups in total. The second-order valence-electron chi connectivity index (χ2n) is 5.98. The number of hydrogen-bond donors (Lipinski definition) is 0. The summed E-state index contributed by atoms with van der Waals surface area (Å²) in [5, 5.41) is 1.01. The van der Waals surface area contributed by atoms with E-state index in [0.717, 1.165) is 64.8 Å². The highest BCUT2D eigenvalue weighted by Crippen LogP contribution is 2.36. The largest absolute Gasteiger partial charge is 0.337 e. The van der Waals surface area contributed by atoms with Crippen LogP contribution in [0.4, 0.5) is 0 Å². The summed E-state index contributed by atoms with van der Waals surface area (Å²) in [7, 11) is 0. The summed E-state index contributed by atoms with van der Waals surface area (Å²) in [4.78, 5) is 16.7. The van der Waals surface area contributed by atoms with Crippen molar-refractivity contribution in [1.82, 2.24) is 14.1 Å². The quantitative estimate of drug-likeness (QED) is 0.501. The van der Waals surface area contributed by atoms with E-state index in [-0.39, 0.29) is 0 Å². The third-order valence-electron chi connectivity index (χ3n) is 4.76. The Hall–Kier alpha value is -2.88. The topological polar surface area (TPSA) is 39.8 Å². The van der Waals surface area contributed by atoms with E-state index in [1.54, 1.807) is 0 Å². The number of fused-ring (bicyclic) bond motifs is 7. The van der Waals surface area contributed by atoms with Gasteiger partial charge < -0.3 is 9.13 Å². The summed E-state index contributed by atoms with van der Waals surface area (Å²) in [5.74, 6) is 0.905. The molecule has 0 saturated carbocycles. The molecule has 0 amide bonds. The van der Waals surface area contributed by atoms with Gasteiger partial charge in [-0.25, -0.2) is 4.98 Å². The smallest absolute Gasteiger partial charge is 0.158 e. The van der Waals surface area contributed by atoms with Crippen molar-refractivity contribution in [2.45, 2.75) is 19.5 Å². The maximum Gasteiger partial charge on any atom is 0.158 e. The van der Waals surface area contributed by atoms with Gasteiger partial charge in [0, 0.05) is 24.0 Å². The summed E-state index contributed by atoms with van der Waals surface area (Å²) >= 11 is 0. The monoisotopic (exact) mass is 301 g/mol. The molecular formula is C19H15N3O. The van der Waals surface area contributed by atoms with Gasteiger partial charge in [0.25, 0.3) is 0 Å². The van der Waals surface area contributed by atoms with Gasteiger partial charge >= 0.3 is 0 Å². The summed E-state index contributed by atoms with van der Waals surface area (Å²) in [5.41, 5.74) is 4.94. The molecule has 112 valence electrons. The fourth-order valence-corrected chi connectivity index (χ4v) is 3.79. The highest BCUT2D eigenvalue weighted by atomic mass is 16.1. The van der Waals surface area contributed by atoms with Crippen molar-refractivity contribution in [3.8, 4) is 11.5 Å². The number of para-hydroxylation sites is 3. The first kappa shape index (κ1) is 12.6. The molecule has 0 radical (unpaired) electrons. The molecule has 23 heavy (non-hydrogen) atoms. The SMILES string of the molecule is O=Cc1c2n(c3ccccc13)CCCn1c-2nc2ccccc21. The fourth-order valence-electron chi connectivity index (χ4n) is 3.79. The van der Waals surface area contributed by atoms with Gasteiger partial charge in [-0.05, 0) is 24.6 Å². The van der Waals surface area contributed by atoms with Crippen LogP contribution < -0.4 is 0 Å². The Kier molecular flexibility index (Phi) is 2.50. The van der Waals surface area contributed by atoms with Crippen LogP contribution in [0.15, 0.2) is 48.5 Å². The maximum absolute atomic E-state index is 11.8. The van der Waals surface area contributed by atoms with Gasteiger partial charge in [0.1, 0.15) is 0 Å². The average Bonchev–Trinajstić information content (AvgIpc) is 3.05. The van der Waals surface area contributed by atoms with Crippen molar-refractivity contribution in [3.05, 3.63) is 54.1 Å². The van der Waals surface area contributed by atoms with E-state index in [9.17, 15) is 4.79 Å². The van der Waals surface area contributed by atoms with Crippen molar-refractivity contribution in [2.75, 3.05) is 0 Å². The Labute approximate surface area is 133 Å². The predicted octanol–water partition coefficient (Wildman–Crippen LogP) is 3.87. The van der Waals surface area contributed by atoms with Crippen molar-refractivity contribution in [1.29, 1.82) is 0 Å². The minimum absolute atomic E-state index is 0.749. The van der Waals surface area contributed by atoms with Crippen LogP contribution in [-0.2, 0) is 13.1 Å². The number of carbonyl (C=O) groups is 1. The second kappa shape index (κ2) is 4.56. The molecule has 5 rings (SSSR count). The summed E-state index contributed by atoms with van der Waals surface area (Å²) < 4.78 is 4.50. The molecule has 1 aliphatic heterocycles. The van der Waals surface area contributed by atoms with Gasteiger partial charge in [-0.3, -0.25) is 4.79 Å². The van der Waals surface area contributed by atoms with Crippen LogP contribution in [0, 0.1) is 0 Å². The fraction of sp³-hybridized carbons (Fsp3) is 0.158. The molecule has 2 aromatic carbocycles. The molecule has 0 saturated heterocycles. The van der Waals surface area contributed by atoms with E-state index < -0.39 is 0 Å². The predicted molar refractivity (Wildman–Crippen MR) is 90.7 cm³/mol. The molecule has 0 fully saturated rings. The maximum atomic E-state index is 11.8. The number of carbonyl (C=O) groups excluding carboxylic acids is 1. The normalized spacial score (nSPS) is 13.7. The standard InChI is InChI=1S/C19H15N3O/c23-12-14-13-6-1-3-8-16(13)21-10-5-11-22-17-9-4-2-7-15(17)20-19(22)18(14)21/h1-4,6-9,12H,5,10-11H2. The van der Waals surface area contributed by atoms with Crippen molar-refractivity contribution >= 4 is 28.2 Å². The highest BCUT2D eigenvalue weighted by molar-refractivity contribution is 6.05. The van der Waals surface area contributed by atoms with Gasteiger partial charge in [-0.2, -0.15) is 0 Å². The lowest BCUT2D eigenvalue weighted by Crippen LogP contribution is -1.99. The highest BCUT2D eigenvalue weighted by Gasteiger charge is 2.25. The van der Waals surface area contributed by atoms with Gasteiger partial charge in [0.05, 0.1) is 22.3 Å². The lowest BCUT2D eigenvalue weighted by molar-refractivity contribution is 0.112. The molecular weight excluding hydrogens is 286 g/mol. The van der Waals surface area contributed by atoms with Crippen LogP contribution >= 0.6 is 0 Å². The Morgan fingerprint density at radius 2 is 1.65 bits per heavy atom. The van der Waals surface area contributed by atoms with Crippen LogP contribution in [0.3, 0.4) is 0 Å². The minimum atomic E-state index is 0.749. The Bertz CT molecular complexity index is 1070. The zero-order chi connectivity index (χ0) is 15.4. The summed E-state index contributed by atoms with van der Waals surface area (Å²) in [6.07, 6.45) is 2.00. The van der Waals surface area contributed by atoms with E-state index in [1.807, 2.05) is 36.4 Å². The zero-order valence-electron chi connectivity index (χ0n) is 12.6. The second-order valence-corrected chi connectivity index (χ2v) is 5.98. The average molecular weight is 301 g/mol. The molecule has 0 spiro atoms. The van der Waals surface area contributed by atoms with Gasteiger partial charge in [0.15, 0.2) is 12.1 Å². The number of rotatable bonds is 1. The molecule has 4 heteroatoms. The van der Waals surface area contributed by atoms with E-state index >= 15 is 0 Å². The van der Waals surface area contributed by atoms with E-state index in [4.69, 9.17) is 4.98 Å². The lowest BCUT2D eigenvalue weighted by atomic mass is 10.1. The molecule has 0 aliphatic carbocycles. The van der Waals surface area contributed by atoms with E-state index in [0.29, 0.717) is 0 Å². The van der Waals surface area contributed by atoms with Crippen molar-refractivity contribution in [3.63, 3.8) is 0 Å². The third-order valence-corrected chi connectivity index (χ3v) is 4.76. The molecule has 0 atom stereocenters. The number of aromatic nitrogens is 3. The molecule has 4 aromatic rings. The molecule has 4 nitrogen and oxygen atoms in total. The molecule has 0 unspecified atom stereocenters. The summed E-state index contributed by atoms with van der Waals surface area (Å²) in [6, 6.07) is 16.3. The Balaban J connectivity index is 1.97. The molecule has 3 heterocycles. The van der Waals surface area contributed by atoms with Crippen LogP contribution in [0.5, 0.6) is 0 Å². The van der Waals surface area contributed by atoms with Gasteiger partial charge in [-0.1, -0.05) is 30.3 Å². The first-order valence-electron chi connectivity index (χ1n) is 7.90. The van der Waals surface area contributed by atoms with Gasteiger partial charge in [-0.15, -0.1) is 0 Å². The number of benzene rings is 2. The zero-order valence-corrected chi connectivity index (χ0v) is 12.6. The number of hydrogen-bond acceptors (Lipinski definition) is 2.